The van der Waals surface area contributed by atoms with Crippen molar-refractivity contribution in [2.24, 2.45) is 0 Å². The van der Waals surface area contributed by atoms with Gasteiger partial charge in [-0.15, -0.1) is 0 Å². The summed E-state index contributed by atoms with van der Waals surface area (Å²) in [7, 11) is 0. The maximum atomic E-state index is 3.43. The van der Waals surface area contributed by atoms with E-state index in [2.05, 4.69) is 52.1 Å². The minimum Gasteiger partial charge on any atom is -0.349 e. The van der Waals surface area contributed by atoms with Crippen LogP contribution in [0.25, 0.3) is 10.9 Å². The number of nitrogens with one attached hydrogen (secondary N) is 1. The molecule has 1 N–H and O–H groups in total. The lowest BCUT2D eigenvalue weighted by Crippen LogP contribution is -1.80. The quantitative estimate of drug-likeness (QED) is 0.763. The van der Waals surface area contributed by atoms with Gasteiger partial charge in [0.2, 0.25) is 0 Å². The average Bonchev–Trinajstić information content (AvgIpc) is 2.44. The topological polar surface area (TPSA) is 15.8 Å². The highest BCUT2D eigenvalue weighted by atomic mass is 79.9. The molecule has 1 aromatic carbocycles. The lowest BCUT2D eigenvalue weighted by atomic mass is 10.1. The monoisotopic (exact) mass is 223 g/mol. The molecule has 0 aliphatic rings. The predicted octanol–water partition coefficient (Wildman–Crippen LogP) is 3.49. The average molecular weight is 224 g/mol. The molecule has 0 aliphatic carbocycles. The molecule has 0 unspecified atom stereocenters. The van der Waals surface area contributed by atoms with Gasteiger partial charge in [-0.2, -0.15) is 0 Å². The summed E-state index contributed by atoms with van der Waals surface area (Å²) in [5, 5.41) is 1.28. The highest BCUT2D eigenvalue weighted by molar-refractivity contribution is 9.10. The van der Waals surface area contributed by atoms with E-state index in [4.69, 9.17) is 0 Å². The van der Waals surface area contributed by atoms with Gasteiger partial charge in [-0.1, -0.05) is 25.1 Å². The van der Waals surface area contributed by atoms with Crippen molar-refractivity contribution in [3.63, 3.8) is 0 Å². The summed E-state index contributed by atoms with van der Waals surface area (Å²) in [4.78, 5) is 3.29. The van der Waals surface area contributed by atoms with Gasteiger partial charge in [0.1, 0.15) is 0 Å². The Kier molecular flexibility index (Phi) is 1.93. The number of fused-ring (bicyclic) bond motifs is 1. The molecule has 0 fully saturated rings. The Morgan fingerprint density at radius 3 is 3.00 bits per heavy atom. The number of aromatic amines is 1. The smallest absolute Gasteiger partial charge is 0.0831 e. The van der Waals surface area contributed by atoms with E-state index >= 15 is 0 Å². The van der Waals surface area contributed by atoms with Crippen molar-refractivity contribution in [1.82, 2.24) is 4.98 Å². The van der Waals surface area contributed by atoms with Gasteiger partial charge in [0.05, 0.1) is 4.60 Å². The van der Waals surface area contributed by atoms with Crippen LogP contribution in [0.4, 0.5) is 0 Å². The molecule has 1 aromatic heterocycles. The van der Waals surface area contributed by atoms with Gasteiger partial charge in [-0.25, -0.2) is 0 Å². The molecular formula is C10H10BrN. The van der Waals surface area contributed by atoms with E-state index in [-0.39, 0.29) is 0 Å². The highest BCUT2D eigenvalue weighted by Crippen LogP contribution is 2.22. The Morgan fingerprint density at radius 1 is 1.42 bits per heavy atom. The molecule has 2 heteroatoms. The van der Waals surface area contributed by atoms with Gasteiger partial charge in [0.25, 0.3) is 0 Å². The van der Waals surface area contributed by atoms with Crippen LogP contribution in [-0.4, -0.2) is 4.98 Å². The van der Waals surface area contributed by atoms with Crippen LogP contribution in [0.5, 0.6) is 0 Å². The lowest BCUT2D eigenvalue weighted by Gasteiger charge is -1.97. The Morgan fingerprint density at radius 2 is 2.25 bits per heavy atom. The molecule has 0 saturated carbocycles. The molecule has 0 amide bonds. The van der Waals surface area contributed by atoms with Crippen LogP contribution >= 0.6 is 15.9 Å². The Labute approximate surface area is 79.9 Å². The number of halogens is 1. The van der Waals surface area contributed by atoms with Crippen LogP contribution in [0.1, 0.15) is 12.5 Å². The summed E-state index contributed by atoms with van der Waals surface area (Å²) in [5.41, 5.74) is 2.63. The molecule has 0 radical (unpaired) electrons. The van der Waals surface area contributed by atoms with E-state index in [0.29, 0.717) is 0 Å². The van der Waals surface area contributed by atoms with Gasteiger partial charge in [-0.3, -0.25) is 0 Å². The van der Waals surface area contributed by atoms with Gasteiger partial charge in [0, 0.05) is 10.9 Å². The Hall–Kier alpha value is -0.760. The first-order valence-electron chi connectivity index (χ1n) is 4.07. The maximum Gasteiger partial charge on any atom is 0.0831 e. The van der Waals surface area contributed by atoms with Crippen LogP contribution in [0.2, 0.25) is 0 Å². The van der Waals surface area contributed by atoms with E-state index in [9.17, 15) is 0 Å². The zero-order valence-electron chi connectivity index (χ0n) is 6.89. The molecule has 0 aliphatic heterocycles. The third-order valence-electron chi connectivity index (χ3n) is 2.09. The van der Waals surface area contributed by atoms with E-state index in [1.54, 1.807) is 0 Å². The molecule has 0 bridgehead atoms. The van der Waals surface area contributed by atoms with Crippen molar-refractivity contribution in [2.75, 3.05) is 0 Å². The summed E-state index contributed by atoms with van der Waals surface area (Å²) in [5.74, 6) is 0. The number of rotatable bonds is 1. The summed E-state index contributed by atoms with van der Waals surface area (Å²) in [6.45, 7) is 2.17. The fraction of sp³-hybridized carbons (Fsp3) is 0.200. The van der Waals surface area contributed by atoms with Crippen LogP contribution in [-0.2, 0) is 6.42 Å². The number of aryl methyl sites for hydroxylation is 1. The van der Waals surface area contributed by atoms with Crippen molar-refractivity contribution < 1.29 is 0 Å². The molecule has 0 saturated heterocycles. The molecular weight excluding hydrogens is 214 g/mol. The molecule has 0 atom stereocenters. The van der Waals surface area contributed by atoms with Gasteiger partial charge in [-0.05, 0) is 34.0 Å². The first-order chi connectivity index (χ1) is 5.81. The standard InChI is InChI=1S/C10H10BrN/c1-2-7-4-3-5-8-6-9(11)12-10(7)8/h3-6,12H,2H2,1H3. The number of benzene rings is 1. The summed E-state index contributed by atoms with van der Waals surface area (Å²) in [6, 6.07) is 8.48. The second-order valence-electron chi connectivity index (χ2n) is 2.85. The predicted molar refractivity (Wildman–Crippen MR) is 55.4 cm³/mol. The molecule has 2 aromatic rings. The summed E-state index contributed by atoms with van der Waals surface area (Å²) >= 11 is 3.43. The van der Waals surface area contributed by atoms with Crippen LogP contribution in [0, 0.1) is 0 Å². The molecule has 0 spiro atoms. The van der Waals surface area contributed by atoms with E-state index in [0.717, 1.165) is 11.0 Å². The molecule has 12 heavy (non-hydrogen) atoms. The Bertz CT molecular complexity index is 403. The summed E-state index contributed by atoms with van der Waals surface area (Å²) < 4.78 is 1.05. The first-order valence-corrected chi connectivity index (χ1v) is 4.86. The third-order valence-corrected chi connectivity index (χ3v) is 2.52. The zero-order valence-corrected chi connectivity index (χ0v) is 8.48. The van der Waals surface area contributed by atoms with Crippen molar-refractivity contribution in [2.45, 2.75) is 13.3 Å². The van der Waals surface area contributed by atoms with Gasteiger partial charge in [0.15, 0.2) is 0 Å². The normalized spacial score (nSPS) is 10.8. The first kappa shape index (κ1) is 7.87. The lowest BCUT2D eigenvalue weighted by molar-refractivity contribution is 1.15. The minimum absolute atomic E-state index is 1.05. The van der Waals surface area contributed by atoms with Crippen molar-refractivity contribution in [1.29, 1.82) is 0 Å². The van der Waals surface area contributed by atoms with E-state index < -0.39 is 0 Å². The van der Waals surface area contributed by atoms with Crippen LogP contribution in [0.3, 0.4) is 0 Å². The zero-order chi connectivity index (χ0) is 8.55. The molecule has 2 rings (SSSR count). The fourth-order valence-electron chi connectivity index (χ4n) is 1.48. The van der Waals surface area contributed by atoms with Gasteiger partial charge < -0.3 is 4.98 Å². The van der Waals surface area contributed by atoms with Crippen molar-refractivity contribution in [3.05, 3.63) is 34.4 Å². The second kappa shape index (κ2) is 2.94. The maximum absolute atomic E-state index is 3.43. The van der Waals surface area contributed by atoms with Crippen molar-refractivity contribution >= 4 is 26.8 Å². The third kappa shape index (κ3) is 1.16. The summed E-state index contributed by atoms with van der Waals surface area (Å²) in [6.07, 6.45) is 1.07. The van der Waals surface area contributed by atoms with Crippen LogP contribution in [0.15, 0.2) is 28.9 Å². The largest absolute Gasteiger partial charge is 0.349 e. The fourth-order valence-corrected chi connectivity index (χ4v) is 1.92. The minimum atomic E-state index is 1.05. The highest BCUT2D eigenvalue weighted by Gasteiger charge is 2.01. The van der Waals surface area contributed by atoms with Crippen molar-refractivity contribution in [3.8, 4) is 0 Å². The van der Waals surface area contributed by atoms with E-state index in [1.807, 2.05) is 0 Å². The van der Waals surface area contributed by atoms with Gasteiger partial charge >= 0.3 is 0 Å². The SMILES string of the molecule is CCc1cccc2cc(Br)[nH]c12. The number of hydrogen-bond acceptors (Lipinski definition) is 0. The number of hydrogen-bond donors (Lipinski definition) is 1. The molecule has 1 nitrogen and oxygen atoms in total. The molecule has 62 valence electrons. The number of para-hydroxylation sites is 1. The van der Waals surface area contributed by atoms with E-state index in [1.165, 1.54) is 16.5 Å². The number of H-pyrrole nitrogens is 1. The number of aromatic nitrogens is 1. The van der Waals surface area contributed by atoms with Crippen LogP contribution < -0.4 is 0 Å². The molecule has 1 heterocycles. The second-order valence-corrected chi connectivity index (χ2v) is 3.71. The Balaban J connectivity index is 2.78.